The zero-order valence-electron chi connectivity index (χ0n) is 43.6. The molecule has 2 amide bonds. The number of carbonyl (C=O) groups is 4. The molecule has 6 aromatic rings. The molecule has 2 aliphatic heterocycles. The molecule has 2 aromatic heterocycles. The maximum atomic E-state index is 13.4. The standard InChI is InChI=1S/C29H34N2O5.C17H25N3O2.C11H10O4.CH4/c1-27(2,3)36-26(33)30-16-28(4,5)24-14-19-12-18(6-8-21(19)31-24)13-25(32)29(10-11-29)20-7-9-22-23(15-20)35-17-34-22;1-16(2,3)22-15(21)19-10-17(4,5)14-9-11-8-12(18)6-7-13(11)20-14;12-10(13)11(3-4-11)7-1-2-8-9(5-7)15-6-14-8;/h6-9,12,14-15,31H,10-11,13,16-17H2,1-5H3,(H,30,33);6-9,20H,10,18H2,1-5H3,(H,19,21);1-2,5H,3-4,6H2,(H,12,13);1H4. The van der Waals surface area contributed by atoms with Crippen LogP contribution in [0.4, 0.5) is 15.3 Å². The van der Waals surface area contributed by atoms with Gasteiger partial charge in [0, 0.05) is 63.8 Å². The summed E-state index contributed by atoms with van der Waals surface area (Å²) in [6, 6.07) is 27.3. The number of H-pyrrole nitrogens is 2. The number of benzene rings is 4. The van der Waals surface area contributed by atoms with Crippen molar-refractivity contribution in [2.24, 2.45) is 0 Å². The van der Waals surface area contributed by atoms with Gasteiger partial charge in [-0.2, -0.15) is 0 Å². The molecule has 74 heavy (non-hydrogen) atoms. The highest BCUT2D eigenvalue weighted by molar-refractivity contribution is 5.95. The lowest BCUT2D eigenvalue weighted by molar-refractivity contribution is -0.140. The van der Waals surface area contributed by atoms with Gasteiger partial charge in [-0.25, -0.2) is 9.59 Å². The van der Waals surface area contributed by atoms with E-state index in [-0.39, 0.29) is 37.6 Å². The number of aliphatic carboxylic acids is 1. The second kappa shape index (κ2) is 20.5. The number of rotatable bonds is 12. The van der Waals surface area contributed by atoms with Gasteiger partial charge in [0.25, 0.3) is 0 Å². The molecule has 0 spiro atoms. The molecule has 0 bridgehead atoms. The first-order valence-electron chi connectivity index (χ1n) is 24.8. The summed E-state index contributed by atoms with van der Waals surface area (Å²) >= 11 is 0. The van der Waals surface area contributed by atoms with E-state index in [2.05, 4.69) is 66.5 Å². The maximum Gasteiger partial charge on any atom is 0.407 e. The van der Waals surface area contributed by atoms with Crippen molar-refractivity contribution in [3.05, 3.63) is 113 Å². The molecule has 0 atom stereocenters. The summed E-state index contributed by atoms with van der Waals surface area (Å²) in [5, 5.41) is 17.0. The van der Waals surface area contributed by atoms with Crippen molar-refractivity contribution in [2.75, 3.05) is 32.4 Å². The number of nitrogens with one attached hydrogen (secondary N) is 4. The fourth-order valence-electron chi connectivity index (χ4n) is 8.92. The van der Waals surface area contributed by atoms with Gasteiger partial charge in [-0.1, -0.05) is 53.3 Å². The van der Waals surface area contributed by atoms with Crippen molar-refractivity contribution in [3.8, 4) is 23.0 Å². The molecular formula is C58H73N5O11. The number of ether oxygens (including phenoxy) is 6. The van der Waals surface area contributed by atoms with Crippen molar-refractivity contribution >= 4 is 51.4 Å². The number of anilines is 1. The van der Waals surface area contributed by atoms with Crippen LogP contribution in [-0.2, 0) is 47.1 Å². The molecule has 396 valence electrons. The number of alkyl carbamates (subject to hydrolysis) is 2. The molecule has 4 heterocycles. The van der Waals surface area contributed by atoms with E-state index in [0.29, 0.717) is 43.9 Å². The number of hydrogen-bond donors (Lipinski definition) is 6. The lowest BCUT2D eigenvalue weighted by Crippen LogP contribution is -2.39. The van der Waals surface area contributed by atoms with E-state index < -0.39 is 40.2 Å². The number of hydrogen-bond acceptors (Lipinski definition) is 11. The Balaban J connectivity index is 0.000000178. The number of aromatic amines is 2. The number of amides is 2. The van der Waals surface area contributed by atoms with Crippen LogP contribution in [0.1, 0.15) is 130 Å². The van der Waals surface area contributed by atoms with E-state index in [4.69, 9.17) is 39.3 Å². The van der Waals surface area contributed by atoms with Crippen LogP contribution in [0.25, 0.3) is 21.8 Å². The van der Waals surface area contributed by atoms with E-state index in [0.717, 1.165) is 79.9 Å². The fourth-order valence-corrected chi connectivity index (χ4v) is 8.92. The molecule has 2 fully saturated rings. The normalized spacial score (nSPS) is 15.6. The van der Waals surface area contributed by atoms with Crippen LogP contribution in [0.15, 0.2) is 84.9 Å². The Labute approximate surface area is 433 Å². The van der Waals surface area contributed by atoms with Crippen molar-refractivity contribution in [2.45, 2.75) is 142 Å². The Kier molecular flexibility index (Phi) is 15.1. The third kappa shape index (κ3) is 12.5. The SMILES string of the molecule is C.CC(C)(C)OC(=O)NCC(C)(C)c1cc2cc(CC(=O)C3(c4ccc5c(c4)OCO5)CC3)ccc2[nH]1.CC(C)(C)OC(=O)NCC(C)(C)c1cc2cc(N)ccc2[nH]1.O=C(O)C1(c2ccc3c(c2)OCO3)CC1. The number of Topliss-reactive ketones (excluding diaryl/α,β-unsaturated/α-hetero) is 1. The van der Waals surface area contributed by atoms with E-state index in [1.165, 1.54) is 0 Å². The summed E-state index contributed by atoms with van der Waals surface area (Å²) in [5.41, 5.74) is 10.8. The zero-order chi connectivity index (χ0) is 52.7. The van der Waals surface area contributed by atoms with E-state index >= 15 is 0 Å². The zero-order valence-corrected chi connectivity index (χ0v) is 43.6. The van der Waals surface area contributed by atoms with Crippen LogP contribution in [0, 0.1) is 0 Å². The predicted octanol–water partition coefficient (Wildman–Crippen LogP) is 11.3. The van der Waals surface area contributed by atoms with Crippen molar-refractivity contribution in [1.29, 1.82) is 0 Å². The average Bonchev–Trinajstić information content (AvgIpc) is 4.01. The van der Waals surface area contributed by atoms with Crippen molar-refractivity contribution in [3.63, 3.8) is 0 Å². The molecular weight excluding hydrogens is 943 g/mol. The highest BCUT2D eigenvalue weighted by Crippen LogP contribution is 2.52. The van der Waals surface area contributed by atoms with Gasteiger partial charge in [0.15, 0.2) is 23.0 Å². The van der Waals surface area contributed by atoms with E-state index in [1.54, 1.807) is 12.1 Å². The average molecular weight is 1020 g/mol. The van der Waals surface area contributed by atoms with Gasteiger partial charge in [-0.15, -0.1) is 0 Å². The number of nitrogens with two attached hydrogens (primary N) is 1. The van der Waals surface area contributed by atoms with Crippen molar-refractivity contribution in [1.82, 2.24) is 20.6 Å². The summed E-state index contributed by atoms with van der Waals surface area (Å²) in [4.78, 5) is 55.3. The molecule has 0 unspecified atom stereocenters. The molecule has 2 aliphatic carbocycles. The Morgan fingerprint density at radius 1 is 0.581 bits per heavy atom. The highest BCUT2D eigenvalue weighted by Gasteiger charge is 2.52. The largest absolute Gasteiger partial charge is 0.481 e. The monoisotopic (exact) mass is 1020 g/mol. The van der Waals surface area contributed by atoms with Gasteiger partial charge in [0.1, 0.15) is 17.0 Å². The molecule has 4 aliphatic rings. The number of ketones is 1. The lowest BCUT2D eigenvalue weighted by atomic mass is 9.87. The number of carboxylic acids is 1. The smallest absolute Gasteiger partial charge is 0.407 e. The molecule has 0 saturated heterocycles. The highest BCUT2D eigenvalue weighted by atomic mass is 16.7. The minimum absolute atomic E-state index is 0. The number of fused-ring (bicyclic) bond motifs is 4. The second-order valence-corrected chi connectivity index (χ2v) is 22.8. The summed E-state index contributed by atoms with van der Waals surface area (Å²) in [5.74, 6) is 2.29. The summed E-state index contributed by atoms with van der Waals surface area (Å²) in [7, 11) is 0. The van der Waals surface area contributed by atoms with Gasteiger partial charge < -0.3 is 59.9 Å². The first-order valence-corrected chi connectivity index (χ1v) is 24.8. The van der Waals surface area contributed by atoms with Gasteiger partial charge >= 0.3 is 18.2 Å². The van der Waals surface area contributed by atoms with E-state index in [9.17, 15) is 19.2 Å². The van der Waals surface area contributed by atoms with Gasteiger partial charge in [0.2, 0.25) is 13.6 Å². The summed E-state index contributed by atoms with van der Waals surface area (Å²) < 4.78 is 32.0. The van der Waals surface area contributed by atoms with Crippen LogP contribution >= 0.6 is 0 Å². The molecule has 16 heteroatoms. The number of aromatic nitrogens is 2. The molecule has 10 rings (SSSR count). The quantitative estimate of drug-likeness (QED) is 0.0630. The van der Waals surface area contributed by atoms with Gasteiger partial charge in [-0.3, -0.25) is 9.59 Å². The summed E-state index contributed by atoms with van der Waals surface area (Å²) in [6.07, 6.45) is 2.70. The summed E-state index contributed by atoms with van der Waals surface area (Å²) in [6.45, 7) is 20.7. The van der Waals surface area contributed by atoms with Crippen LogP contribution in [-0.4, -0.2) is 76.9 Å². The third-order valence-corrected chi connectivity index (χ3v) is 13.6. The Morgan fingerprint density at radius 2 is 1.01 bits per heavy atom. The van der Waals surface area contributed by atoms with Crippen LogP contribution in [0.2, 0.25) is 0 Å². The van der Waals surface area contributed by atoms with Crippen LogP contribution in [0.5, 0.6) is 23.0 Å². The van der Waals surface area contributed by atoms with Crippen LogP contribution < -0.4 is 35.3 Å². The second-order valence-electron chi connectivity index (χ2n) is 22.8. The maximum absolute atomic E-state index is 13.4. The Morgan fingerprint density at radius 3 is 1.46 bits per heavy atom. The molecule has 7 N–H and O–H groups in total. The predicted molar refractivity (Wildman–Crippen MR) is 286 cm³/mol. The van der Waals surface area contributed by atoms with E-state index in [1.807, 2.05) is 96.1 Å². The first-order chi connectivity index (χ1) is 34.2. The fraction of sp³-hybridized carbons (Fsp3) is 0.448. The molecule has 0 radical (unpaired) electrons. The third-order valence-electron chi connectivity index (χ3n) is 13.6. The topological polar surface area (TPSA) is 226 Å². The minimum Gasteiger partial charge on any atom is -0.481 e. The van der Waals surface area contributed by atoms with Crippen LogP contribution in [0.3, 0.4) is 0 Å². The first kappa shape index (κ1) is 54.4. The molecule has 4 aromatic carbocycles. The Hall–Kier alpha value is -7.36. The van der Waals surface area contributed by atoms with Crippen molar-refractivity contribution < 1.29 is 52.7 Å². The van der Waals surface area contributed by atoms with Gasteiger partial charge in [-0.05, 0) is 156 Å². The number of carbonyl (C=O) groups excluding carboxylic acids is 3. The molecule has 16 nitrogen and oxygen atoms in total. The number of carboxylic acid groups (broad SMARTS) is 1. The number of nitrogen functional groups attached to an aromatic ring is 1. The van der Waals surface area contributed by atoms with Gasteiger partial charge in [0.05, 0.1) is 10.8 Å². The lowest BCUT2D eigenvalue weighted by Gasteiger charge is -2.25. The molecule has 2 saturated carbocycles. The minimum atomic E-state index is -0.749. The Bertz CT molecular complexity index is 3050.